The molecule has 0 spiro atoms. The molecule has 5 N–H and O–H groups in total. The van der Waals surface area contributed by atoms with Gasteiger partial charge in [0.2, 0.25) is 5.91 Å². The van der Waals surface area contributed by atoms with E-state index in [1.807, 2.05) is 6.07 Å². The number of hydrogen-bond donors (Lipinski definition) is 5. The Bertz CT molecular complexity index is 2260. The summed E-state index contributed by atoms with van der Waals surface area (Å²) < 4.78 is 15.9. The summed E-state index contributed by atoms with van der Waals surface area (Å²) in [4.78, 5) is 89.1. The van der Waals surface area contributed by atoms with Crippen LogP contribution in [-0.4, -0.2) is 83.6 Å². The zero-order valence-electron chi connectivity index (χ0n) is 35.4. The first-order chi connectivity index (χ1) is 27.2. The second-order valence-electron chi connectivity index (χ2n) is 18.4. The van der Waals surface area contributed by atoms with Gasteiger partial charge in [0, 0.05) is 23.6 Å². The van der Waals surface area contributed by atoms with Crippen LogP contribution in [0.1, 0.15) is 121 Å². The van der Waals surface area contributed by atoms with Crippen LogP contribution in [0.2, 0.25) is 0 Å². The van der Waals surface area contributed by atoms with Crippen molar-refractivity contribution < 1.29 is 43.7 Å². The van der Waals surface area contributed by atoms with E-state index in [1.165, 1.54) is 17.0 Å². The SMILES string of the molecule is C#CCN(c1ccc(C(=O)N[C@@H](CCC(=O)N(C(C)(C)C)[C@@](C(=O)O)(C(CC(=O)O)C(C)(C)C)C(C)(C)C)C(=O)O)c(F)c1)C1CCc2cc3nc(C)[nH]c(=O)c3cc21. The highest BCUT2D eigenvalue weighted by Crippen LogP contribution is 2.52. The van der Waals surface area contributed by atoms with Crippen LogP contribution in [0.3, 0.4) is 0 Å². The number of H-pyrrole nitrogens is 1. The predicted octanol–water partition coefficient (Wildman–Crippen LogP) is 6.09. The molecule has 1 heterocycles. The first-order valence-corrected chi connectivity index (χ1v) is 19.5. The molecule has 3 aromatic rings. The van der Waals surface area contributed by atoms with Crippen molar-refractivity contribution in [2.24, 2.45) is 16.7 Å². The van der Waals surface area contributed by atoms with Crippen molar-refractivity contribution in [1.29, 1.82) is 0 Å². The highest BCUT2D eigenvalue weighted by Gasteiger charge is 2.64. The number of carboxylic acid groups (broad SMARTS) is 3. The van der Waals surface area contributed by atoms with E-state index in [0.717, 1.165) is 17.2 Å². The van der Waals surface area contributed by atoms with E-state index in [0.29, 0.717) is 35.3 Å². The maximum Gasteiger partial charge on any atom is 0.330 e. The number of fused-ring (bicyclic) bond motifs is 2. The van der Waals surface area contributed by atoms with Crippen LogP contribution in [-0.2, 0) is 25.6 Å². The zero-order chi connectivity index (χ0) is 44.6. The number of hydrogen-bond acceptors (Lipinski definition) is 8. The number of carboxylic acids is 3. The van der Waals surface area contributed by atoms with Crippen molar-refractivity contribution in [3.63, 3.8) is 0 Å². The van der Waals surface area contributed by atoms with Crippen molar-refractivity contribution in [2.75, 3.05) is 11.4 Å². The minimum Gasteiger partial charge on any atom is -0.481 e. The first kappa shape index (κ1) is 45.9. The molecule has 2 unspecified atom stereocenters. The number of aryl methyl sites for hydroxylation is 2. The van der Waals surface area contributed by atoms with Crippen LogP contribution in [0.5, 0.6) is 0 Å². The lowest BCUT2D eigenvalue weighted by Gasteiger charge is -2.60. The minimum absolute atomic E-state index is 0.0709. The van der Waals surface area contributed by atoms with Crippen LogP contribution in [0, 0.1) is 41.8 Å². The smallest absolute Gasteiger partial charge is 0.330 e. The van der Waals surface area contributed by atoms with Gasteiger partial charge in [-0.3, -0.25) is 19.2 Å². The van der Waals surface area contributed by atoms with Crippen LogP contribution in [0.15, 0.2) is 35.1 Å². The summed E-state index contributed by atoms with van der Waals surface area (Å²) in [5.74, 6) is -4.98. The molecule has 318 valence electrons. The van der Waals surface area contributed by atoms with Crippen molar-refractivity contribution >= 4 is 46.3 Å². The molecule has 0 bridgehead atoms. The Kier molecular flexibility index (Phi) is 13.1. The maximum absolute atomic E-state index is 15.9. The summed E-state index contributed by atoms with van der Waals surface area (Å²) in [5, 5.41) is 33.9. The molecule has 1 aliphatic carbocycles. The van der Waals surface area contributed by atoms with Gasteiger partial charge in [-0.05, 0) is 99.2 Å². The van der Waals surface area contributed by atoms with Crippen molar-refractivity contribution in [1.82, 2.24) is 20.2 Å². The van der Waals surface area contributed by atoms with E-state index in [2.05, 4.69) is 21.2 Å². The Morgan fingerprint density at radius 3 is 2.17 bits per heavy atom. The Balaban J connectivity index is 1.62. The number of carbonyl (C=O) groups excluding carboxylic acids is 2. The highest BCUT2D eigenvalue weighted by atomic mass is 19.1. The normalized spacial score (nSPS) is 16.3. The van der Waals surface area contributed by atoms with Crippen molar-refractivity contribution in [3.05, 3.63) is 69.0 Å². The number of benzene rings is 2. The molecular formula is C44H56FN5O9. The van der Waals surface area contributed by atoms with E-state index in [4.69, 9.17) is 6.42 Å². The number of carbonyl (C=O) groups is 5. The summed E-state index contributed by atoms with van der Waals surface area (Å²) in [6, 6.07) is 5.46. The van der Waals surface area contributed by atoms with Crippen molar-refractivity contribution in [2.45, 2.75) is 125 Å². The Hall–Kier alpha value is -5.78. The van der Waals surface area contributed by atoms with Crippen LogP contribution >= 0.6 is 0 Å². The predicted molar refractivity (Wildman–Crippen MR) is 220 cm³/mol. The largest absolute Gasteiger partial charge is 0.481 e. The number of amides is 2. The maximum atomic E-state index is 15.9. The summed E-state index contributed by atoms with van der Waals surface area (Å²) in [6.45, 7) is 16.6. The molecule has 2 amide bonds. The molecular weight excluding hydrogens is 762 g/mol. The molecule has 0 saturated carbocycles. The molecule has 59 heavy (non-hydrogen) atoms. The third kappa shape index (κ3) is 9.27. The summed E-state index contributed by atoms with van der Waals surface area (Å²) in [5.41, 5.74) is -3.48. The van der Waals surface area contributed by atoms with Gasteiger partial charge in [0.05, 0.1) is 35.5 Å². The number of nitrogens with one attached hydrogen (secondary N) is 2. The van der Waals surface area contributed by atoms with E-state index in [9.17, 15) is 44.1 Å². The number of halogens is 1. The molecule has 4 atom stereocenters. The fourth-order valence-electron chi connectivity index (χ4n) is 8.82. The molecule has 0 fully saturated rings. The molecule has 2 aromatic carbocycles. The molecule has 14 nitrogen and oxygen atoms in total. The third-order valence-electron chi connectivity index (χ3n) is 11.2. The van der Waals surface area contributed by atoms with E-state index in [1.54, 1.807) is 80.2 Å². The third-order valence-corrected chi connectivity index (χ3v) is 11.2. The number of anilines is 1. The fourth-order valence-corrected chi connectivity index (χ4v) is 8.82. The zero-order valence-corrected chi connectivity index (χ0v) is 35.4. The van der Waals surface area contributed by atoms with Gasteiger partial charge in [-0.1, -0.05) is 47.5 Å². The number of nitrogens with zero attached hydrogens (tertiary/aromatic N) is 3. The van der Waals surface area contributed by atoms with Gasteiger partial charge in [0.25, 0.3) is 11.5 Å². The van der Waals surface area contributed by atoms with Crippen molar-refractivity contribution in [3.8, 4) is 12.3 Å². The van der Waals surface area contributed by atoms with Gasteiger partial charge >= 0.3 is 17.9 Å². The summed E-state index contributed by atoms with van der Waals surface area (Å²) in [6.07, 6.45) is 5.39. The van der Waals surface area contributed by atoms with Gasteiger partial charge < -0.3 is 35.4 Å². The number of aromatic amines is 1. The molecule has 1 aromatic heterocycles. The summed E-state index contributed by atoms with van der Waals surface area (Å²) >= 11 is 0. The monoisotopic (exact) mass is 817 g/mol. The number of aromatic nitrogens is 2. The number of terminal acetylenes is 1. The quantitative estimate of drug-likeness (QED) is 0.118. The molecule has 15 heteroatoms. The molecule has 0 aliphatic heterocycles. The molecule has 0 saturated heterocycles. The second-order valence-corrected chi connectivity index (χ2v) is 18.4. The summed E-state index contributed by atoms with van der Waals surface area (Å²) in [7, 11) is 0. The van der Waals surface area contributed by atoms with E-state index < -0.39 is 94.2 Å². The van der Waals surface area contributed by atoms with Crippen LogP contribution in [0.25, 0.3) is 10.9 Å². The minimum atomic E-state index is -2.10. The lowest BCUT2D eigenvalue weighted by Crippen LogP contribution is -2.74. The topological polar surface area (TPSA) is 210 Å². The van der Waals surface area contributed by atoms with Gasteiger partial charge in [-0.15, -0.1) is 6.42 Å². The van der Waals surface area contributed by atoms with Gasteiger partial charge in [-0.2, -0.15) is 0 Å². The Morgan fingerprint density at radius 1 is 1.02 bits per heavy atom. The second kappa shape index (κ2) is 16.8. The fraction of sp³-hybridized carbons (Fsp3) is 0.523. The average Bonchev–Trinajstić information content (AvgIpc) is 3.49. The van der Waals surface area contributed by atoms with Crippen LogP contribution < -0.4 is 15.8 Å². The molecule has 4 rings (SSSR count). The Labute approximate surface area is 343 Å². The van der Waals surface area contributed by atoms with E-state index in [-0.39, 0.29) is 18.1 Å². The molecule has 0 radical (unpaired) electrons. The van der Waals surface area contributed by atoms with Gasteiger partial charge in [-0.25, -0.2) is 19.0 Å². The molecule has 1 aliphatic rings. The standard InChI is InChI=1S/C44H56FN5O9/c1-12-19-49(33-17-13-25-20-32-29(22-28(25)33)38(55)47-24(2)46-32)26-14-15-27(30(45)21-26)37(54)48-31(39(56)57)16-18-35(51)50(43(9,10)11)44(40(58)59,42(6,7)8)34(23-36(52)53)41(3,4)5/h1,14-15,20-22,31,33-34H,13,16-19,23H2,2-11H3,(H,48,54)(H,52,53)(H,56,57)(H,58,59)(H,46,47,55)/t31-,33?,34?,44+/m0/s1. The first-order valence-electron chi connectivity index (χ1n) is 19.5. The Morgan fingerprint density at radius 2 is 1.66 bits per heavy atom. The van der Waals surface area contributed by atoms with E-state index >= 15 is 4.39 Å². The average molecular weight is 818 g/mol. The van der Waals surface area contributed by atoms with Gasteiger partial charge in [0.1, 0.15) is 23.2 Å². The lowest BCUT2D eigenvalue weighted by atomic mass is 9.56. The van der Waals surface area contributed by atoms with Crippen LogP contribution in [0.4, 0.5) is 10.1 Å². The lowest BCUT2D eigenvalue weighted by molar-refractivity contribution is -0.193. The van der Waals surface area contributed by atoms with Gasteiger partial charge in [0.15, 0.2) is 0 Å². The number of aliphatic carboxylic acids is 3. The highest BCUT2D eigenvalue weighted by molar-refractivity contribution is 5.97. The number of rotatable bonds is 14.